The zero-order chi connectivity index (χ0) is 13.1. The normalized spacial score (nSPS) is 14.1. The number of Topliss-reactive ketones (excluding diaryl/α,β-unsaturated/α-hetero) is 1. The number of hydrogen-bond donors (Lipinski definition) is 1. The van der Waals surface area contributed by atoms with E-state index >= 15 is 0 Å². The maximum absolute atomic E-state index is 11.8. The van der Waals surface area contributed by atoms with E-state index < -0.39 is 11.8 Å². The van der Waals surface area contributed by atoms with Crippen molar-refractivity contribution in [1.29, 1.82) is 0 Å². The zero-order valence-corrected chi connectivity index (χ0v) is 10.1. The molecule has 0 aliphatic heterocycles. The largest absolute Gasteiger partial charge is 0.507 e. The highest BCUT2D eigenvalue weighted by Crippen LogP contribution is 2.29. The van der Waals surface area contributed by atoms with Gasteiger partial charge in [0.1, 0.15) is 5.76 Å². The molecule has 0 amide bonds. The predicted octanol–water partition coefficient (Wildman–Crippen LogP) is 2.03. The van der Waals surface area contributed by atoms with E-state index in [1.165, 1.54) is 0 Å². The number of aliphatic hydroxyl groups excluding tert-OH is 1. The second kappa shape index (κ2) is 5.04. The van der Waals surface area contributed by atoms with Crippen LogP contribution in [0.5, 0.6) is 0 Å². The Morgan fingerprint density at radius 2 is 2.00 bits per heavy atom. The molecule has 0 saturated heterocycles. The first-order chi connectivity index (χ1) is 8.65. The van der Waals surface area contributed by atoms with Gasteiger partial charge in [-0.25, -0.2) is 4.79 Å². The molecule has 4 heteroatoms. The third-order valence-electron chi connectivity index (χ3n) is 2.94. The van der Waals surface area contributed by atoms with E-state index in [1.54, 1.807) is 19.1 Å². The Labute approximate surface area is 105 Å². The highest BCUT2D eigenvalue weighted by atomic mass is 16.5. The molecule has 0 fully saturated rings. The van der Waals surface area contributed by atoms with Crippen molar-refractivity contribution in [2.24, 2.45) is 0 Å². The van der Waals surface area contributed by atoms with Crippen molar-refractivity contribution in [3.63, 3.8) is 0 Å². The van der Waals surface area contributed by atoms with E-state index in [4.69, 9.17) is 0 Å². The summed E-state index contributed by atoms with van der Waals surface area (Å²) in [4.78, 5) is 23.2. The van der Waals surface area contributed by atoms with E-state index in [-0.39, 0.29) is 17.9 Å². The molecule has 0 spiro atoms. The van der Waals surface area contributed by atoms with Crippen molar-refractivity contribution in [1.82, 2.24) is 0 Å². The molecule has 1 aliphatic rings. The van der Waals surface area contributed by atoms with Gasteiger partial charge in [-0.15, -0.1) is 0 Å². The number of fused-ring (bicyclic) bond motifs is 1. The summed E-state index contributed by atoms with van der Waals surface area (Å²) in [6.07, 6.45) is 1.00. The summed E-state index contributed by atoms with van der Waals surface area (Å²) in [5, 5.41) is 10.1. The van der Waals surface area contributed by atoms with Gasteiger partial charge in [0.05, 0.1) is 6.61 Å². The van der Waals surface area contributed by atoms with E-state index in [1.807, 2.05) is 12.1 Å². The van der Waals surface area contributed by atoms with E-state index in [9.17, 15) is 14.7 Å². The summed E-state index contributed by atoms with van der Waals surface area (Å²) in [5.74, 6) is -1.75. The van der Waals surface area contributed by atoms with Gasteiger partial charge >= 0.3 is 5.97 Å². The minimum Gasteiger partial charge on any atom is -0.507 e. The highest BCUT2D eigenvalue weighted by molar-refractivity contribution is 6.41. The van der Waals surface area contributed by atoms with Crippen LogP contribution in [0.1, 0.15) is 24.5 Å². The van der Waals surface area contributed by atoms with Crippen LogP contribution in [0, 0.1) is 0 Å². The number of ketones is 1. The number of carbonyl (C=O) groups is 2. The Morgan fingerprint density at radius 3 is 2.72 bits per heavy atom. The molecule has 1 aromatic carbocycles. The molecule has 1 aromatic rings. The van der Waals surface area contributed by atoms with Crippen molar-refractivity contribution >= 4 is 17.5 Å². The Bertz CT molecular complexity index is 528. The van der Waals surface area contributed by atoms with Gasteiger partial charge in [0.2, 0.25) is 0 Å². The zero-order valence-electron chi connectivity index (χ0n) is 10.1. The van der Waals surface area contributed by atoms with Gasteiger partial charge in [0, 0.05) is 11.1 Å². The molecular weight excluding hydrogens is 232 g/mol. The Balaban J connectivity index is 2.35. The summed E-state index contributed by atoms with van der Waals surface area (Å²) in [5.41, 5.74) is 1.75. The van der Waals surface area contributed by atoms with Crippen molar-refractivity contribution in [3.8, 4) is 0 Å². The third kappa shape index (κ3) is 2.14. The molecule has 0 heterocycles. The van der Waals surface area contributed by atoms with Crippen molar-refractivity contribution < 1.29 is 19.4 Å². The first-order valence-corrected chi connectivity index (χ1v) is 5.87. The SMILES string of the molecule is CCOC(=O)C(=O)C1=C(O)c2ccccc2CC1. The van der Waals surface area contributed by atoms with Gasteiger partial charge in [-0.3, -0.25) is 4.79 Å². The summed E-state index contributed by atoms with van der Waals surface area (Å²) < 4.78 is 4.66. The Morgan fingerprint density at radius 1 is 1.28 bits per heavy atom. The average molecular weight is 246 g/mol. The first-order valence-electron chi connectivity index (χ1n) is 5.87. The number of aliphatic hydroxyl groups is 1. The minimum absolute atomic E-state index is 0.102. The van der Waals surface area contributed by atoms with Crippen LogP contribution in [0.4, 0.5) is 0 Å². The smallest absolute Gasteiger partial charge is 0.379 e. The van der Waals surface area contributed by atoms with E-state index in [0.717, 1.165) is 5.56 Å². The summed E-state index contributed by atoms with van der Waals surface area (Å²) in [7, 11) is 0. The molecule has 0 radical (unpaired) electrons. The molecule has 4 nitrogen and oxygen atoms in total. The van der Waals surface area contributed by atoms with Gasteiger partial charge in [-0.1, -0.05) is 24.3 Å². The lowest BCUT2D eigenvalue weighted by atomic mass is 9.89. The average Bonchev–Trinajstić information content (AvgIpc) is 2.39. The molecule has 18 heavy (non-hydrogen) atoms. The Kier molecular flexibility index (Phi) is 3.46. The second-order valence-corrected chi connectivity index (χ2v) is 4.03. The van der Waals surface area contributed by atoms with Crippen LogP contribution in [0.2, 0.25) is 0 Å². The quantitative estimate of drug-likeness (QED) is 0.654. The van der Waals surface area contributed by atoms with Crippen LogP contribution in [0.25, 0.3) is 5.76 Å². The molecule has 1 N–H and O–H groups in total. The topological polar surface area (TPSA) is 63.6 Å². The number of esters is 1. The highest BCUT2D eigenvalue weighted by Gasteiger charge is 2.28. The van der Waals surface area contributed by atoms with Crippen LogP contribution in [-0.2, 0) is 20.7 Å². The second-order valence-electron chi connectivity index (χ2n) is 4.03. The standard InChI is InChI=1S/C14H14O4/c1-2-18-14(17)13(16)11-8-7-9-5-3-4-6-10(9)12(11)15/h3-6,15H,2,7-8H2,1H3. The van der Waals surface area contributed by atoms with Crippen molar-refractivity contribution in [2.75, 3.05) is 6.61 Å². The van der Waals surface area contributed by atoms with Crippen LogP contribution >= 0.6 is 0 Å². The van der Waals surface area contributed by atoms with Gasteiger partial charge < -0.3 is 9.84 Å². The van der Waals surface area contributed by atoms with Gasteiger partial charge in [0.15, 0.2) is 0 Å². The van der Waals surface area contributed by atoms with Crippen molar-refractivity contribution in [2.45, 2.75) is 19.8 Å². The molecule has 0 unspecified atom stereocenters. The van der Waals surface area contributed by atoms with E-state index in [2.05, 4.69) is 4.74 Å². The van der Waals surface area contributed by atoms with Crippen LogP contribution < -0.4 is 0 Å². The van der Waals surface area contributed by atoms with Crippen LogP contribution in [0.15, 0.2) is 29.8 Å². The number of hydrogen-bond acceptors (Lipinski definition) is 4. The molecule has 0 aromatic heterocycles. The first kappa shape index (κ1) is 12.4. The monoisotopic (exact) mass is 246 g/mol. The fraction of sp³-hybridized carbons (Fsp3) is 0.286. The molecular formula is C14H14O4. The number of carbonyl (C=O) groups excluding carboxylic acids is 2. The Hall–Kier alpha value is -2.10. The maximum Gasteiger partial charge on any atom is 0.379 e. The molecule has 0 atom stereocenters. The van der Waals surface area contributed by atoms with Crippen LogP contribution in [-0.4, -0.2) is 23.5 Å². The predicted molar refractivity (Wildman–Crippen MR) is 66.0 cm³/mol. The lowest BCUT2D eigenvalue weighted by Crippen LogP contribution is -2.22. The van der Waals surface area contributed by atoms with E-state index in [0.29, 0.717) is 18.4 Å². The van der Waals surface area contributed by atoms with Gasteiger partial charge in [-0.2, -0.15) is 0 Å². The lowest BCUT2D eigenvalue weighted by molar-refractivity contribution is -0.151. The molecule has 0 saturated carbocycles. The molecule has 94 valence electrons. The van der Waals surface area contributed by atoms with Crippen molar-refractivity contribution in [3.05, 3.63) is 41.0 Å². The number of aryl methyl sites for hydroxylation is 1. The fourth-order valence-electron chi connectivity index (χ4n) is 2.05. The van der Waals surface area contributed by atoms with Gasteiger partial charge in [-0.05, 0) is 25.3 Å². The third-order valence-corrected chi connectivity index (χ3v) is 2.94. The number of ether oxygens (including phenoxy) is 1. The minimum atomic E-state index is -0.904. The summed E-state index contributed by atoms with van der Waals surface area (Å²) >= 11 is 0. The summed E-state index contributed by atoms with van der Waals surface area (Å²) in [6.45, 7) is 1.78. The molecule has 2 rings (SSSR count). The van der Waals surface area contributed by atoms with Gasteiger partial charge in [0.25, 0.3) is 5.78 Å². The maximum atomic E-state index is 11.8. The van der Waals surface area contributed by atoms with Crippen LogP contribution in [0.3, 0.4) is 0 Å². The number of benzene rings is 1. The lowest BCUT2D eigenvalue weighted by Gasteiger charge is -2.18. The number of rotatable bonds is 3. The molecule has 0 bridgehead atoms. The summed E-state index contributed by atoms with van der Waals surface area (Å²) in [6, 6.07) is 7.30. The molecule has 1 aliphatic carbocycles. The fourth-order valence-corrected chi connectivity index (χ4v) is 2.05.